The number of amides is 1. The van der Waals surface area contributed by atoms with Crippen LogP contribution in [0, 0.1) is 13.8 Å². The normalized spacial score (nSPS) is 12.1. The molecule has 0 N–H and O–H groups in total. The molecule has 112 valence electrons. The Kier molecular flexibility index (Phi) is 5.30. The Morgan fingerprint density at radius 2 is 2.00 bits per heavy atom. The van der Waals surface area contributed by atoms with Crippen LogP contribution in [0.5, 0.6) is 0 Å². The van der Waals surface area contributed by atoms with Gasteiger partial charge in [-0.3, -0.25) is 14.3 Å². The first-order valence-electron chi connectivity index (χ1n) is 6.72. The van der Waals surface area contributed by atoms with E-state index < -0.39 is 0 Å². The van der Waals surface area contributed by atoms with Gasteiger partial charge in [-0.2, -0.15) is 5.10 Å². The minimum absolute atomic E-state index is 0.120. The molecule has 0 bridgehead atoms. The fourth-order valence-electron chi connectivity index (χ4n) is 2.06. The number of carbonyl (C=O) groups excluding carboxylic acids is 2. The summed E-state index contributed by atoms with van der Waals surface area (Å²) in [6.45, 7) is 7.61. The summed E-state index contributed by atoms with van der Waals surface area (Å²) in [7, 11) is 3.50. The summed E-state index contributed by atoms with van der Waals surface area (Å²) in [5.74, 6) is -0.413. The second-order valence-corrected chi connectivity index (χ2v) is 4.94. The smallest absolute Gasteiger partial charge is 0.307 e. The van der Waals surface area contributed by atoms with Gasteiger partial charge in [0.05, 0.1) is 24.3 Å². The number of ether oxygens (including phenoxy) is 1. The maximum Gasteiger partial charge on any atom is 0.307 e. The Hall–Kier alpha value is -1.85. The molecule has 0 aliphatic rings. The molecule has 0 spiro atoms. The van der Waals surface area contributed by atoms with Crippen LogP contribution < -0.4 is 0 Å². The lowest BCUT2D eigenvalue weighted by Gasteiger charge is -2.24. The van der Waals surface area contributed by atoms with Crippen LogP contribution in [0.2, 0.25) is 0 Å². The van der Waals surface area contributed by atoms with Crippen molar-refractivity contribution < 1.29 is 14.3 Å². The fourth-order valence-corrected chi connectivity index (χ4v) is 2.06. The summed E-state index contributed by atoms with van der Waals surface area (Å²) in [5.41, 5.74) is 2.12. The van der Waals surface area contributed by atoms with E-state index in [9.17, 15) is 9.59 Å². The van der Waals surface area contributed by atoms with Gasteiger partial charge in [0.15, 0.2) is 0 Å². The molecule has 0 saturated heterocycles. The first-order chi connectivity index (χ1) is 9.29. The molecule has 1 aromatic rings. The molecule has 1 atom stereocenters. The maximum absolute atomic E-state index is 12.5. The van der Waals surface area contributed by atoms with Crippen molar-refractivity contribution in [1.29, 1.82) is 0 Å². The van der Waals surface area contributed by atoms with Crippen LogP contribution in [0.3, 0.4) is 0 Å². The van der Waals surface area contributed by atoms with Gasteiger partial charge in [0, 0.05) is 25.8 Å². The van der Waals surface area contributed by atoms with E-state index in [4.69, 9.17) is 4.74 Å². The Morgan fingerprint density at radius 1 is 1.40 bits per heavy atom. The lowest BCUT2D eigenvalue weighted by molar-refractivity contribution is -0.144. The molecule has 1 rings (SSSR count). The molecule has 0 aliphatic heterocycles. The van der Waals surface area contributed by atoms with Crippen molar-refractivity contribution in [1.82, 2.24) is 14.7 Å². The van der Waals surface area contributed by atoms with E-state index >= 15 is 0 Å². The largest absolute Gasteiger partial charge is 0.466 e. The molecule has 1 heterocycles. The molecule has 20 heavy (non-hydrogen) atoms. The average Bonchev–Trinajstić information content (AvgIpc) is 2.61. The van der Waals surface area contributed by atoms with E-state index in [1.165, 1.54) is 0 Å². The number of hydrogen-bond donors (Lipinski definition) is 0. The van der Waals surface area contributed by atoms with Crippen molar-refractivity contribution in [3.8, 4) is 0 Å². The number of hydrogen-bond acceptors (Lipinski definition) is 4. The van der Waals surface area contributed by atoms with E-state index in [2.05, 4.69) is 5.10 Å². The van der Waals surface area contributed by atoms with Gasteiger partial charge < -0.3 is 9.64 Å². The highest BCUT2D eigenvalue weighted by Crippen LogP contribution is 2.16. The number of esters is 1. The van der Waals surface area contributed by atoms with E-state index in [0.29, 0.717) is 17.9 Å². The summed E-state index contributed by atoms with van der Waals surface area (Å²) in [4.78, 5) is 25.5. The molecule has 0 unspecified atom stereocenters. The number of nitrogens with zero attached hydrogens (tertiary/aromatic N) is 3. The highest BCUT2D eigenvalue weighted by Gasteiger charge is 2.25. The van der Waals surface area contributed by atoms with Gasteiger partial charge >= 0.3 is 5.97 Å². The Labute approximate surface area is 119 Å². The lowest BCUT2D eigenvalue weighted by Crippen LogP contribution is -2.37. The third kappa shape index (κ3) is 3.37. The van der Waals surface area contributed by atoms with Gasteiger partial charge in [0.25, 0.3) is 5.91 Å². The number of rotatable bonds is 5. The second kappa shape index (κ2) is 6.54. The number of carbonyl (C=O) groups is 2. The third-order valence-electron chi connectivity index (χ3n) is 3.47. The van der Waals surface area contributed by atoms with Crippen molar-refractivity contribution in [2.24, 2.45) is 7.05 Å². The molecule has 1 aromatic heterocycles. The van der Waals surface area contributed by atoms with Crippen molar-refractivity contribution in [3.05, 3.63) is 17.0 Å². The summed E-state index contributed by atoms with van der Waals surface area (Å²) in [6.07, 6.45) is 0.189. The van der Waals surface area contributed by atoms with Gasteiger partial charge in [0.1, 0.15) is 0 Å². The minimum Gasteiger partial charge on any atom is -0.466 e. The SMILES string of the molecule is CCOC(=O)C[C@@H](C)N(C)C(=O)c1c(C)nn(C)c1C. The maximum atomic E-state index is 12.5. The van der Waals surface area contributed by atoms with Gasteiger partial charge in [-0.25, -0.2) is 0 Å². The number of aryl methyl sites for hydroxylation is 2. The zero-order valence-electron chi connectivity index (χ0n) is 13.1. The highest BCUT2D eigenvalue weighted by molar-refractivity contribution is 5.96. The molecule has 1 amide bonds. The van der Waals surface area contributed by atoms with Crippen LogP contribution in [0.25, 0.3) is 0 Å². The monoisotopic (exact) mass is 281 g/mol. The molecule has 0 radical (unpaired) electrons. The molecule has 0 saturated carbocycles. The van der Waals surface area contributed by atoms with Crippen molar-refractivity contribution in [2.45, 2.75) is 40.2 Å². The molecular formula is C14H23N3O3. The average molecular weight is 281 g/mol. The van der Waals surface area contributed by atoms with Crippen molar-refractivity contribution in [3.63, 3.8) is 0 Å². The van der Waals surface area contributed by atoms with E-state index in [0.717, 1.165) is 5.69 Å². The first-order valence-corrected chi connectivity index (χ1v) is 6.72. The van der Waals surface area contributed by atoms with Crippen LogP contribution in [0.4, 0.5) is 0 Å². The minimum atomic E-state index is -0.292. The van der Waals surface area contributed by atoms with Crippen LogP contribution >= 0.6 is 0 Å². The Balaban J connectivity index is 2.83. The predicted octanol–water partition coefficient (Wildman–Crippen LogP) is 1.45. The van der Waals surface area contributed by atoms with Gasteiger partial charge in [-0.05, 0) is 27.7 Å². The van der Waals surface area contributed by atoms with Gasteiger partial charge in [-0.1, -0.05) is 0 Å². The van der Waals surface area contributed by atoms with Crippen LogP contribution in [-0.2, 0) is 16.6 Å². The van der Waals surface area contributed by atoms with Crippen LogP contribution in [-0.4, -0.2) is 46.3 Å². The molecule has 0 aliphatic carbocycles. The van der Waals surface area contributed by atoms with Crippen LogP contribution in [0.15, 0.2) is 0 Å². The number of aromatic nitrogens is 2. The highest BCUT2D eigenvalue weighted by atomic mass is 16.5. The topological polar surface area (TPSA) is 64.4 Å². The summed E-state index contributed by atoms with van der Waals surface area (Å²) >= 11 is 0. The lowest BCUT2D eigenvalue weighted by atomic mass is 10.1. The van der Waals surface area contributed by atoms with Crippen molar-refractivity contribution >= 4 is 11.9 Å². The van der Waals surface area contributed by atoms with Gasteiger partial charge in [0.2, 0.25) is 0 Å². The summed E-state index contributed by atoms with van der Waals surface area (Å²) < 4.78 is 6.59. The summed E-state index contributed by atoms with van der Waals surface area (Å²) in [6, 6.07) is -0.222. The Morgan fingerprint density at radius 3 is 2.45 bits per heavy atom. The quantitative estimate of drug-likeness (QED) is 0.766. The Bertz CT molecular complexity index is 508. The molecular weight excluding hydrogens is 258 g/mol. The van der Waals surface area contributed by atoms with Gasteiger partial charge in [-0.15, -0.1) is 0 Å². The standard InChI is InChI=1S/C14H23N3O3/c1-7-20-12(18)8-9(2)16(5)14(19)13-10(3)15-17(6)11(13)4/h9H,7-8H2,1-6H3/t9-/m1/s1. The van der Waals surface area contributed by atoms with E-state index in [1.54, 1.807) is 30.6 Å². The van der Waals surface area contributed by atoms with Crippen molar-refractivity contribution in [2.75, 3.05) is 13.7 Å². The predicted molar refractivity (Wildman–Crippen MR) is 75.5 cm³/mol. The summed E-state index contributed by atoms with van der Waals surface area (Å²) in [5, 5.41) is 4.24. The van der Waals surface area contributed by atoms with Crippen LogP contribution in [0.1, 0.15) is 42.0 Å². The zero-order valence-corrected chi connectivity index (χ0v) is 13.1. The van der Waals surface area contributed by atoms with E-state index in [-0.39, 0.29) is 24.3 Å². The molecule has 0 aromatic carbocycles. The molecule has 6 nitrogen and oxygen atoms in total. The van der Waals surface area contributed by atoms with E-state index in [1.807, 2.05) is 20.8 Å². The third-order valence-corrected chi connectivity index (χ3v) is 3.47. The fraction of sp³-hybridized carbons (Fsp3) is 0.643. The zero-order chi connectivity index (χ0) is 15.4. The first kappa shape index (κ1) is 16.2. The molecule has 0 fully saturated rings. The second-order valence-electron chi connectivity index (χ2n) is 4.94. The molecule has 6 heteroatoms.